The molecule has 0 bridgehead atoms. The van der Waals surface area contributed by atoms with Crippen LogP contribution in [0.25, 0.3) is 0 Å². The van der Waals surface area contributed by atoms with E-state index in [-0.39, 0.29) is 5.56 Å². The van der Waals surface area contributed by atoms with E-state index in [0.29, 0.717) is 12.0 Å². The zero-order chi connectivity index (χ0) is 12.3. The van der Waals surface area contributed by atoms with Crippen LogP contribution in [0, 0.1) is 18.6 Å². The van der Waals surface area contributed by atoms with E-state index in [2.05, 4.69) is 6.58 Å². The average molecular weight is 226 g/mol. The lowest BCUT2D eigenvalue weighted by Crippen LogP contribution is -2.03. The summed E-state index contributed by atoms with van der Waals surface area (Å²) in [6.45, 7) is 7.21. The predicted molar refractivity (Wildman–Crippen MR) is 60.1 cm³/mol. The summed E-state index contributed by atoms with van der Waals surface area (Å²) in [4.78, 5) is 0. The highest BCUT2D eigenvalue weighted by Crippen LogP contribution is 2.26. The second-order valence-electron chi connectivity index (χ2n) is 3.95. The van der Waals surface area contributed by atoms with Crippen molar-refractivity contribution in [1.82, 2.24) is 0 Å². The molecule has 1 aromatic rings. The molecule has 0 amide bonds. The molecule has 0 spiro atoms. The molecule has 0 aliphatic carbocycles. The van der Waals surface area contributed by atoms with Gasteiger partial charge in [-0.2, -0.15) is 0 Å². The van der Waals surface area contributed by atoms with Crippen molar-refractivity contribution in [2.45, 2.75) is 32.8 Å². The molecule has 0 saturated heterocycles. The number of hydrogen-bond acceptors (Lipinski definition) is 1. The van der Waals surface area contributed by atoms with E-state index in [1.54, 1.807) is 6.92 Å². The van der Waals surface area contributed by atoms with Crippen molar-refractivity contribution >= 4 is 0 Å². The van der Waals surface area contributed by atoms with Gasteiger partial charge < -0.3 is 5.11 Å². The summed E-state index contributed by atoms with van der Waals surface area (Å²) >= 11 is 0. The molecule has 16 heavy (non-hydrogen) atoms. The number of aliphatic hydroxyl groups is 1. The first-order valence-electron chi connectivity index (χ1n) is 5.26. The topological polar surface area (TPSA) is 20.2 Å². The summed E-state index contributed by atoms with van der Waals surface area (Å²) in [6, 6.07) is 2.15. The molecule has 1 unspecified atom stereocenters. The Morgan fingerprint density at radius 1 is 1.38 bits per heavy atom. The Kier molecular flexibility index (Phi) is 4.19. The van der Waals surface area contributed by atoms with Crippen molar-refractivity contribution < 1.29 is 13.9 Å². The summed E-state index contributed by atoms with van der Waals surface area (Å²) in [6.07, 6.45) is 0.0870. The minimum absolute atomic E-state index is 0.133. The number of aryl methyl sites for hydroxylation is 1. The summed E-state index contributed by atoms with van der Waals surface area (Å²) in [5.41, 5.74) is 1.31. The zero-order valence-corrected chi connectivity index (χ0v) is 9.56. The van der Waals surface area contributed by atoms with E-state index in [9.17, 15) is 13.9 Å². The fraction of sp³-hybridized carbons (Fsp3) is 0.385. The minimum Gasteiger partial charge on any atom is -0.388 e. The van der Waals surface area contributed by atoms with Crippen molar-refractivity contribution in [2.75, 3.05) is 0 Å². The number of benzene rings is 1. The Morgan fingerprint density at radius 3 is 2.56 bits per heavy atom. The molecule has 1 nitrogen and oxygen atoms in total. The molecule has 1 atom stereocenters. The second kappa shape index (κ2) is 5.21. The van der Waals surface area contributed by atoms with E-state index in [1.165, 1.54) is 6.07 Å². The van der Waals surface area contributed by atoms with Gasteiger partial charge in [0.05, 0.1) is 6.10 Å². The van der Waals surface area contributed by atoms with E-state index in [4.69, 9.17) is 0 Å². The van der Waals surface area contributed by atoms with Gasteiger partial charge in [-0.3, -0.25) is 0 Å². The maximum absolute atomic E-state index is 13.4. The van der Waals surface area contributed by atoms with Crippen LogP contribution in [0.3, 0.4) is 0 Å². The Morgan fingerprint density at radius 2 is 2.00 bits per heavy atom. The molecular formula is C13H16F2O. The Bertz CT molecular complexity index is 399. The molecule has 1 N–H and O–H groups in total. The van der Waals surface area contributed by atoms with Crippen LogP contribution >= 0.6 is 0 Å². The van der Waals surface area contributed by atoms with Gasteiger partial charge in [0, 0.05) is 11.6 Å². The van der Waals surface area contributed by atoms with Crippen molar-refractivity contribution in [1.29, 1.82) is 0 Å². The molecule has 1 rings (SSSR count). The van der Waals surface area contributed by atoms with Crippen molar-refractivity contribution in [2.24, 2.45) is 0 Å². The average Bonchev–Trinajstić information content (AvgIpc) is 2.23. The van der Waals surface area contributed by atoms with E-state index in [1.807, 2.05) is 6.92 Å². The smallest absolute Gasteiger partial charge is 0.131 e. The first-order chi connectivity index (χ1) is 7.45. The van der Waals surface area contributed by atoms with Crippen LogP contribution in [0.15, 0.2) is 24.3 Å². The van der Waals surface area contributed by atoms with Crippen LogP contribution in [0.2, 0.25) is 0 Å². The summed E-state index contributed by atoms with van der Waals surface area (Å²) in [5.74, 6) is -1.30. The van der Waals surface area contributed by atoms with Gasteiger partial charge in [-0.1, -0.05) is 19.1 Å². The number of hydrogen-bond donors (Lipinski definition) is 1. The minimum atomic E-state index is -0.952. The SMILES string of the molecule is C=C(CC)CC(O)c1cc(C)c(F)cc1F. The fourth-order valence-electron chi connectivity index (χ4n) is 1.46. The summed E-state index contributed by atoms with van der Waals surface area (Å²) < 4.78 is 26.4. The van der Waals surface area contributed by atoms with Gasteiger partial charge >= 0.3 is 0 Å². The van der Waals surface area contributed by atoms with Gasteiger partial charge in [0.25, 0.3) is 0 Å². The highest BCUT2D eigenvalue weighted by atomic mass is 19.1. The lowest BCUT2D eigenvalue weighted by Gasteiger charge is -2.14. The maximum Gasteiger partial charge on any atom is 0.131 e. The lowest BCUT2D eigenvalue weighted by atomic mass is 9.99. The number of rotatable bonds is 4. The highest BCUT2D eigenvalue weighted by molar-refractivity contribution is 5.28. The first kappa shape index (κ1) is 12.8. The molecule has 1 aromatic carbocycles. The van der Waals surface area contributed by atoms with Gasteiger partial charge in [-0.05, 0) is 31.4 Å². The van der Waals surface area contributed by atoms with E-state index >= 15 is 0 Å². The predicted octanol–water partition coefficient (Wildman–Crippen LogP) is 3.66. The van der Waals surface area contributed by atoms with Gasteiger partial charge in [0.2, 0.25) is 0 Å². The largest absolute Gasteiger partial charge is 0.388 e. The molecule has 88 valence electrons. The molecular weight excluding hydrogens is 210 g/mol. The van der Waals surface area contributed by atoms with E-state index in [0.717, 1.165) is 18.1 Å². The molecule has 0 heterocycles. The molecule has 0 aromatic heterocycles. The third-order valence-corrected chi connectivity index (χ3v) is 2.62. The van der Waals surface area contributed by atoms with Crippen LogP contribution in [-0.4, -0.2) is 5.11 Å². The van der Waals surface area contributed by atoms with Crippen molar-refractivity contribution in [3.8, 4) is 0 Å². The van der Waals surface area contributed by atoms with Crippen LogP contribution in [0.1, 0.15) is 37.0 Å². The molecule has 0 radical (unpaired) electrons. The third kappa shape index (κ3) is 2.89. The Hall–Kier alpha value is -1.22. The van der Waals surface area contributed by atoms with Crippen molar-refractivity contribution in [3.05, 3.63) is 47.0 Å². The van der Waals surface area contributed by atoms with Gasteiger partial charge in [0.15, 0.2) is 0 Å². The van der Waals surface area contributed by atoms with Crippen LogP contribution < -0.4 is 0 Å². The highest BCUT2D eigenvalue weighted by Gasteiger charge is 2.15. The third-order valence-electron chi connectivity index (χ3n) is 2.62. The fourth-order valence-corrected chi connectivity index (χ4v) is 1.46. The monoisotopic (exact) mass is 226 g/mol. The van der Waals surface area contributed by atoms with Crippen LogP contribution in [0.5, 0.6) is 0 Å². The number of halogens is 2. The quantitative estimate of drug-likeness (QED) is 0.777. The molecule has 0 fully saturated rings. The van der Waals surface area contributed by atoms with Crippen LogP contribution in [-0.2, 0) is 0 Å². The first-order valence-corrected chi connectivity index (χ1v) is 5.26. The van der Waals surface area contributed by atoms with Gasteiger partial charge in [-0.25, -0.2) is 8.78 Å². The summed E-state index contributed by atoms with van der Waals surface area (Å²) in [7, 11) is 0. The van der Waals surface area contributed by atoms with Crippen molar-refractivity contribution in [3.63, 3.8) is 0 Å². The van der Waals surface area contributed by atoms with E-state index < -0.39 is 17.7 Å². The zero-order valence-electron chi connectivity index (χ0n) is 9.56. The standard InChI is InChI=1S/C13H16F2O/c1-4-8(2)5-13(16)10-6-9(3)11(14)7-12(10)15/h6-7,13,16H,2,4-5H2,1,3H3. The van der Waals surface area contributed by atoms with Gasteiger partial charge in [-0.15, -0.1) is 0 Å². The summed E-state index contributed by atoms with van der Waals surface area (Å²) in [5, 5.41) is 9.79. The number of aliphatic hydroxyl groups excluding tert-OH is 1. The Labute approximate surface area is 94.4 Å². The second-order valence-corrected chi connectivity index (χ2v) is 3.95. The molecule has 0 saturated carbocycles. The Balaban J connectivity index is 2.95. The maximum atomic E-state index is 13.4. The van der Waals surface area contributed by atoms with Gasteiger partial charge in [0.1, 0.15) is 11.6 Å². The molecule has 0 aliphatic rings. The molecule has 0 aliphatic heterocycles. The normalized spacial score (nSPS) is 12.6. The lowest BCUT2D eigenvalue weighted by molar-refractivity contribution is 0.172. The molecule has 3 heteroatoms. The van der Waals surface area contributed by atoms with Crippen LogP contribution in [0.4, 0.5) is 8.78 Å².